The normalized spacial score (nSPS) is 12.3. The monoisotopic (exact) mass is 372 g/mol. The number of nitrogens with two attached hydrogens (primary N) is 1. The topological polar surface area (TPSA) is 109 Å². The Balaban J connectivity index is 1.75. The summed E-state index contributed by atoms with van der Waals surface area (Å²) in [6.07, 6.45) is -0.0681. The Morgan fingerprint density at radius 2 is 1.46 bits per heavy atom. The molecule has 0 bridgehead atoms. The van der Waals surface area contributed by atoms with Crippen LogP contribution >= 0.6 is 0 Å². The highest BCUT2D eigenvalue weighted by atomic mass is 16.4. The summed E-state index contributed by atoms with van der Waals surface area (Å²) >= 11 is 0. The lowest BCUT2D eigenvalue weighted by molar-refractivity contribution is -0.136. The zero-order chi connectivity index (χ0) is 19.8. The molecule has 0 aliphatic heterocycles. The third-order valence-electron chi connectivity index (χ3n) is 4.70. The van der Waals surface area contributed by atoms with Crippen LogP contribution in [0.2, 0.25) is 0 Å². The molecule has 4 rings (SSSR count). The lowest BCUT2D eigenvalue weighted by Crippen LogP contribution is -2.23. The third kappa shape index (κ3) is 2.91. The van der Waals surface area contributed by atoms with Crippen molar-refractivity contribution < 1.29 is 19.5 Å². The maximum Gasteiger partial charge on any atom is 0.307 e. The minimum atomic E-state index is -0.906. The molecule has 0 radical (unpaired) electrons. The molecule has 4 N–H and O–H groups in total. The van der Waals surface area contributed by atoms with Gasteiger partial charge in [-0.25, -0.2) is 0 Å². The Bertz CT molecular complexity index is 1130. The van der Waals surface area contributed by atoms with E-state index in [9.17, 15) is 14.4 Å². The highest BCUT2D eigenvalue weighted by molar-refractivity contribution is 6.31. The van der Waals surface area contributed by atoms with E-state index >= 15 is 0 Å². The van der Waals surface area contributed by atoms with Gasteiger partial charge in [0.05, 0.1) is 23.2 Å². The van der Waals surface area contributed by atoms with E-state index in [4.69, 9.17) is 10.8 Å². The average Bonchev–Trinajstić information content (AvgIpc) is 2.68. The van der Waals surface area contributed by atoms with Gasteiger partial charge in [-0.3, -0.25) is 14.4 Å². The Morgan fingerprint density at radius 1 is 0.857 bits per heavy atom. The van der Waals surface area contributed by atoms with Gasteiger partial charge in [-0.1, -0.05) is 36.4 Å². The highest BCUT2D eigenvalue weighted by Gasteiger charge is 2.33. The minimum Gasteiger partial charge on any atom is -0.481 e. The first-order valence-corrected chi connectivity index (χ1v) is 8.64. The van der Waals surface area contributed by atoms with Gasteiger partial charge >= 0.3 is 5.97 Å². The molecule has 6 heteroatoms. The van der Waals surface area contributed by atoms with Gasteiger partial charge in [0.25, 0.3) is 0 Å². The van der Waals surface area contributed by atoms with E-state index in [1.807, 2.05) is 0 Å². The van der Waals surface area contributed by atoms with E-state index in [0.717, 1.165) is 0 Å². The number of fused-ring (bicyclic) bond motifs is 2. The molecule has 0 saturated heterocycles. The first-order chi connectivity index (χ1) is 13.5. The fourth-order valence-corrected chi connectivity index (χ4v) is 3.39. The molecule has 0 atom stereocenters. The Hall–Kier alpha value is -3.93. The molecule has 1 aliphatic rings. The maximum atomic E-state index is 13.1. The number of ketones is 2. The molecule has 6 nitrogen and oxygen atoms in total. The summed E-state index contributed by atoms with van der Waals surface area (Å²) in [6, 6.07) is 16.8. The molecule has 0 amide bonds. The molecule has 0 aromatic heterocycles. The number of benzene rings is 3. The average molecular weight is 372 g/mol. The van der Waals surface area contributed by atoms with E-state index < -0.39 is 5.97 Å². The number of hydrogen-bond acceptors (Lipinski definition) is 5. The van der Waals surface area contributed by atoms with Crippen LogP contribution in [0.5, 0.6) is 0 Å². The second-order valence-corrected chi connectivity index (χ2v) is 6.55. The van der Waals surface area contributed by atoms with Crippen molar-refractivity contribution in [2.24, 2.45) is 0 Å². The Kier molecular flexibility index (Phi) is 4.16. The van der Waals surface area contributed by atoms with Gasteiger partial charge in [0.1, 0.15) is 0 Å². The summed E-state index contributed by atoms with van der Waals surface area (Å²) in [5.74, 6) is -1.44. The number of hydrogen-bond donors (Lipinski definition) is 3. The number of carboxylic acids is 1. The molecule has 1 aliphatic carbocycles. The van der Waals surface area contributed by atoms with Crippen molar-refractivity contribution in [2.75, 3.05) is 11.1 Å². The van der Waals surface area contributed by atoms with E-state index in [1.165, 1.54) is 0 Å². The number of anilines is 3. The Morgan fingerprint density at radius 3 is 2.07 bits per heavy atom. The lowest BCUT2D eigenvalue weighted by atomic mass is 9.82. The molecule has 3 aromatic carbocycles. The summed E-state index contributed by atoms with van der Waals surface area (Å²) in [5, 5.41) is 12.0. The van der Waals surface area contributed by atoms with E-state index in [0.29, 0.717) is 28.1 Å². The zero-order valence-corrected chi connectivity index (χ0v) is 14.7. The van der Waals surface area contributed by atoms with Gasteiger partial charge in [-0.15, -0.1) is 0 Å². The van der Waals surface area contributed by atoms with Crippen LogP contribution in [0, 0.1) is 0 Å². The summed E-state index contributed by atoms with van der Waals surface area (Å²) in [6.45, 7) is 0. The molecular weight excluding hydrogens is 356 g/mol. The van der Waals surface area contributed by atoms with Crippen LogP contribution in [0.25, 0.3) is 0 Å². The number of rotatable bonds is 4. The number of nitrogens with one attached hydrogen (secondary N) is 1. The van der Waals surface area contributed by atoms with Gasteiger partial charge in [0.15, 0.2) is 11.6 Å². The minimum absolute atomic E-state index is 0.0681. The van der Waals surface area contributed by atoms with Crippen molar-refractivity contribution in [3.63, 3.8) is 0 Å². The maximum absolute atomic E-state index is 13.1. The van der Waals surface area contributed by atoms with Crippen molar-refractivity contribution in [3.05, 3.63) is 88.5 Å². The van der Waals surface area contributed by atoms with E-state index in [2.05, 4.69) is 5.32 Å². The zero-order valence-electron chi connectivity index (χ0n) is 14.7. The molecule has 0 unspecified atom stereocenters. The molecule has 0 spiro atoms. The van der Waals surface area contributed by atoms with Crippen molar-refractivity contribution in [1.29, 1.82) is 0 Å². The molecule has 28 heavy (non-hydrogen) atoms. The van der Waals surface area contributed by atoms with Crippen LogP contribution in [0.1, 0.15) is 37.4 Å². The predicted octanol–water partition coefficient (Wildman–Crippen LogP) is 3.41. The molecule has 3 aromatic rings. The van der Waals surface area contributed by atoms with Crippen LogP contribution in [0.3, 0.4) is 0 Å². The number of nitrogen functional groups attached to an aromatic ring is 1. The smallest absolute Gasteiger partial charge is 0.307 e. The second kappa shape index (κ2) is 6.66. The number of carbonyl (C=O) groups excluding carboxylic acids is 2. The fourth-order valence-electron chi connectivity index (χ4n) is 3.39. The number of carbonyl (C=O) groups is 3. The lowest BCUT2D eigenvalue weighted by Gasteiger charge is -2.22. The van der Waals surface area contributed by atoms with Crippen LogP contribution in [0.4, 0.5) is 17.1 Å². The van der Waals surface area contributed by atoms with Gasteiger partial charge in [-0.2, -0.15) is 0 Å². The van der Waals surface area contributed by atoms with Crippen molar-refractivity contribution in [2.45, 2.75) is 6.42 Å². The van der Waals surface area contributed by atoms with Crippen LogP contribution in [-0.4, -0.2) is 22.6 Å². The molecule has 0 fully saturated rings. The molecule has 138 valence electrons. The second-order valence-electron chi connectivity index (χ2n) is 6.55. The number of carboxylic acid groups (broad SMARTS) is 1. The van der Waals surface area contributed by atoms with Gasteiger partial charge in [0, 0.05) is 22.5 Å². The van der Waals surface area contributed by atoms with Gasteiger partial charge < -0.3 is 16.2 Å². The van der Waals surface area contributed by atoms with Crippen molar-refractivity contribution in [1.82, 2.24) is 0 Å². The van der Waals surface area contributed by atoms with Crippen molar-refractivity contribution >= 4 is 34.6 Å². The van der Waals surface area contributed by atoms with Crippen LogP contribution in [-0.2, 0) is 11.2 Å². The summed E-state index contributed by atoms with van der Waals surface area (Å²) in [5.41, 5.74) is 9.24. The largest absolute Gasteiger partial charge is 0.481 e. The fraction of sp³-hybridized carbons (Fsp3) is 0.0455. The number of aliphatic carboxylic acids is 1. The van der Waals surface area contributed by atoms with Gasteiger partial charge in [0.2, 0.25) is 0 Å². The van der Waals surface area contributed by atoms with Crippen LogP contribution < -0.4 is 11.1 Å². The van der Waals surface area contributed by atoms with E-state index in [-0.39, 0.29) is 34.8 Å². The molecule has 0 saturated carbocycles. The predicted molar refractivity (Wildman–Crippen MR) is 105 cm³/mol. The summed E-state index contributed by atoms with van der Waals surface area (Å²) < 4.78 is 0. The first-order valence-electron chi connectivity index (χ1n) is 8.64. The SMILES string of the molecule is Nc1ccc(Nc2ccc(CC(=O)O)cc2)c2c1C(=O)c1ccccc1C2=O. The summed E-state index contributed by atoms with van der Waals surface area (Å²) in [4.78, 5) is 36.8. The quantitative estimate of drug-likeness (QED) is 0.474. The van der Waals surface area contributed by atoms with Crippen molar-refractivity contribution in [3.8, 4) is 0 Å². The Labute approximate surface area is 160 Å². The van der Waals surface area contributed by atoms with Crippen LogP contribution in [0.15, 0.2) is 60.7 Å². The van der Waals surface area contributed by atoms with E-state index in [1.54, 1.807) is 60.7 Å². The third-order valence-corrected chi connectivity index (χ3v) is 4.70. The standard InChI is InChI=1S/C22H16N2O4/c23-16-9-10-17(24-13-7-5-12(6-8-13)11-18(25)26)20-19(16)21(27)14-3-1-2-4-15(14)22(20)28/h1-10,24H,11,23H2,(H,25,26). The molecule has 0 heterocycles. The summed E-state index contributed by atoms with van der Waals surface area (Å²) in [7, 11) is 0. The van der Waals surface area contributed by atoms with Gasteiger partial charge in [-0.05, 0) is 29.8 Å². The highest BCUT2D eigenvalue weighted by Crippen LogP contribution is 2.36. The first kappa shape index (κ1) is 17.5. The molecular formula is C22H16N2O4.